The lowest BCUT2D eigenvalue weighted by Gasteiger charge is -2.11. The molecule has 2 rings (SSSR count). The molecule has 0 amide bonds. The first-order valence-electron chi connectivity index (χ1n) is 6.11. The fourth-order valence-electron chi connectivity index (χ4n) is 2.04. The van der Waals surface area contributed by atoms with Crippen LogP contribution in [0.4, 0.5) is 26.3 Å². The van der Waals surface area contributed by atoms with Gasteiger partial charge in [0, 0.05) is 6.07 Å². The van der Waals surface area contributed by atoms with E-state index in [2.05, 4.69) is 4.74 Å². The van der Waals surface area contributed by atoms with Crippen molar-refractivity contribution in [3.05, 3.63) is 52.6 Å². The third-order valence-electron chi connectivity index (χ3n) is 3.21. The molecule has 0 heterocycles. The van der Waals surface area contributed by atoms with E-state index in [0.717, 1.165) is 13.2 Å². The number of rotatable bonds is 3. The van der Waals surface area contributed by atoms with Crippen molar-refractivity contribution >= 4 is 18.2 Å². The summed E-state index contributed by atoms with van der Waals surface area (Å²) in [5.74, 6) is -9.97. The van der Waals surface area contributed by atoms with Gasteiger partial charge in [-0.15, -0.1) is 0 Å². The molecule has 116 valence electrons. The van der Waals surface area contributed by atoms with E-state index in [0.29, 0.717) is 6.07 Å². The molecule has 0 saturated heterocycles. The quantitative estimate of drug-likeness (QED) is 0.365. The molecule has 0 radical (unpaired) electrons. The smallest absolute Gasteiger partial charge is 0.206 e. The molecule has 0 bridgehead atoms. The molecule has 0 unspecified atom stereocenters. The van der Waals surface area contributed by atoms with Gasteiger partial charge in [-0.25, -0.2) is 22.0 Å². The Bertz CT molecular complexity index is 747. The van der Waals surface area contributed by atoms with E-state index in [1.807, 2.05) is 0 Å². The molecule has 0 aromatic heterocycles. The van der Waals surface area contributed by atoms with E-state index >= 15 is 0 Å². The van der Waals surface area contributed by atoms with Gasteiger partial charge < -0.3 is 4.74 Å². The van der Waals surface area contributed by atoms with Gasteiger partial charge in [0.2, 0.25) is 13.1 Å². The summed E-state index contributed by atoms with van der Waals surface area (Å²) in [5, 5.41) is 0. The van der Waals surface area contributed by atoms with Crippen LogP contribution in [0.15, 0.2) is 12.1 Å². The maximum atomic E-state index is 14.0. The molecule has 0 saturated carbocycles. The third kappa shape index (κ3) is 2.65. The normalized spacial score (nSPS) is 10.7. The Morgan fingerprint density at radius 3 is 2.05 bits per heavy atom. The fraction of sp³-hybridized carbons (Fsp3) is 0.143. The van der Waals surface area contributed by atoms with Gasteiger partial charge in [0.1, 0.15) is 11.6 Å². The number of halogens is 6. The monoisotopic (exact) mass is 318 g/mol. The van der Waals surface area contributed by atoms with Crippen LogP contribution in [0.3, 0.4) is 0 Å². The average molecular weight is 318 g/mol. The highest BCUT2D eigenvalue weighted by molar-refractivity contribution is 6.67. The first-order valence-corrected chi connectivity index (χ1v) is 6.11. The van der Waals surface area contributed by atoms with Crippen LogP contribution >= 0.6 is 0 Å². The molecule has 0 spiro atoms. The molecule has 0 atom stereocenters. The van der Waals surface area contributed by atoms with Crippen molar-refractivity contribution in [3.63, 3.8) is 0 Å². The molecule has 0 aliphatic carbocycles. The number of aryl methyl sites for hydroxylation is 1. The molecule has 0 aliphatic rings. The van der Waals surface area contributed by atoms with Crippen LogP contribution in [0.25, 0.3) is 0 Å². The number of benzene rings is 2. The zero-order valence-corrected chi connectivity index (χ0v) is 11.5. The largest absolute Gasteiger partial charge is 0.491 e. The van der Waals surface area contributed by atoms with E-state index < -0.39 is 53.4 Å². The van der Waals surface area contributed by atoms with Crippen molar-refractivity contribution in [2.24, 2.45) is 0 Å². The summed E-state index contributed by atoms with van der Waals surface area (Å²) in [6, 6.07) is 1.59. The maximum absolute atomic E-state index is 14.0. The Hall–Kier alpha value is -2.12. The van der Waals surface area contributed by atoms with E-state index in [-0.39, 0.29) is 11.0 Å². The summed E-state index contributed by atoms with van der Waals surface area (Å²) in [6.07, 6.45) is 0. The van der Waals surface area contributed by atoms with Crippen LogP contribution in [-0.4, -0.2) is 14.4 Å². The van der Waals surface area contributed by atoms with Crippen molar-refractivity contribution in [2.45, 2.75) is 6.92 Å². The van der Waals surface area contributed by atoms with E-state index in [1.165, 1.54) is 6.92 Å². The molecule has 0 aliphatic heterocycles. The minimum atomic E-state index is -1.92. The second kappa shape index (κ2) is 5.94. The van der Waals surface area contributed by atoms with Crippen molar-refractivity contribution < 1.29 is 31.1 Å². The fourth-order valence-corrected chi connectivity index (χ4v) is 2.04. The van der Waals surface area contributed by atoms with E-state index in [9.17, 15) is 26.3 Å². The lowest BCUT2D eigenvalue weighted by atomic mass is 9.62. The van der Waals surface area contributed by atoms with Crippen LogP contribution < -0.4 is 15.7 Å². The first kappa shape index (κ1) is 16.3. The van der Waals surface area contributed by atoms with E-state index in [1.54, 1.807) is 0 Å². The zero-order chi connectivity index (χ0) is 16.6. The summed E-state index contributed by atoms with van der Waals surface area (Å²) in [5.41, 5.74) is -1.11. The molecular weight excluding hydrogens is 309 g/mol. The van der Waals surface area contributed by atoms with Crippen molar-refractivity contribution in [3.8, 4) is 5.75 Å². The second-order valence-electron chi connectivity index (χ2n) is 4.64. The number of ether oxygens (including phenoxy) is 1. The third-order valence-corrected chi connectivity index (χ3v) is 3.21. The van der Waals surface area contributed by atoms with Crippen LogP contribution in [0.1, 0.15) is 5.56 Å². The van der Waals surface area contributed by atoms with Gasteiger partial charge in [0.25, 0.3) is 0 Å². The number of hydrogen-bond donors (Lipinski definition) is 0. The Morgan fingerprint density at radius 2 is 1.45 bits per heavy atom. The van der Waals surface area contributed by atoms with Crippen LogP contribution in [0.2, 0.25) is 0 Å². The molecule has 1 nitrogen and oxygen atoms in total. The molecule has 2 aromatic rings. The highest BCUT2D eigenvalue weighted by atomic mass is 19.2. The summed E-state index contributed by atoms with van der Waals surface area (Å²) >= 11 is 0. The molecule has 8 heteroatoms. The average Bonchev–Trinajstić information content (AvgIpc) is 2.47. The summed E-state index contributed by atoms with van der Waals surface area (Å²) in [4.78, 5) is 0. The van der Waals surface area contributed by atoms with Gasteiger partial charge in [-0.05, 0) is 23.4 Å². The number of hydrogen-bond acceptors (Lipinski definition) is 1. The Kier molecular flexibility index (Phi) is 4.39. The molecular formula is C14H9BF6O. The molecule has 22 heavy (non-hydrogen) atoms. The summed E-state index contributed by atoms with van der Waals surface area (Å²) in [7, 11) is 0.156. The van der Waals surface area contributed by atoms with Gasteiger partial charge in [0.05, 0.1) is 7.11 Å². The highest BCUT2D eigenvalue weighted by Gasteiger charge is 2.27. The van der Waals surface area contributed by atoms with Crippen LogP contribution in [0.5, 0.6) is 5.75 Å². The lowest BCUT2D eigenvalue weighted by molar-refractivity contribution is 0.338. The van der Waals surface area contributed by atoms with Crippen molar-refractivity contribution in [2.75, 3.05) is 7.11 Å². The van der Waals surface area contributed by atoms with Crippen LogP contribution in [0, 0.1) is 41.8 Å². The minimum absolute atomic E-state index is 0.0479. The van der Waals surface area contributed by atoms with Crippen molar-refractivity contribution in [1.29, 1.82) is 0 Å². The van der Waals surface area contributed by atoms with Gasteiger partial charge >= 0.3 is 0 Å². The standard InChI is InChI=1S/C14H9BF6O/c1-5-3-6(8(17)4-7(5)16)15-9-10(18)12(20)13(21)14(22-2)11(9)19/h3-4,15H,1-2H3. The Morgan fingerprint density at radius 1 is 0.818 bits per heavy atom. The molecule has 2 aromatic carbocycles. The molecule has 0 N–H and O–H groups in total. The highest BCUT2D eigenvalue weighted by Crippen LogP contribution is 2.24. The Labute approximate surface area is 122 Å². The molecule has 0 fully saturated rings. The predicted molar refractivity (Wildman–Crippen MR) is 70.3 cm³/mol. The lowest BCUT2D eigenvalue weighted by Crippen LogP contribution is -2.36. The number of methoxy groups -OCH3 is 1. The van der Waals surface area contributed by atoms with Crippen molar-refractivity contribution in [1.82, 2.24) is 0 Å². The predicted octanol–water partition coefficient (Wildman–Crippen LogP) is 2.23. The minimum Gasteiger partial charge on any atom is -0.491 e. The summed E-state index contributed by atoms with van der Waals surface area (Å²) in [6.45, 7) is 1.33. The van der Waals surface area contributed by atoms with Crippen LogP contribution in [-0.2, 0) is 0 Å². The van der Waals surface area contributed by atoms with Gasteiger partial charge in [0.15, 0.2) is 23.2 Å². The zero-order valence-electron chi connectivity index (χ0n) is 11.5. The summed E-state index contributed by atoms with van der Waals surface area (Å²) < 4.78 is 85.7. The van der Waals surface area contributed by atoms with Gasteiger partial charge in [-0.3, -0.25) is 0 Å². The Balaban J connectivity index is 2.60. The first-order chi connectivity index (χ1) is 10.3. The topological polar surface area (TPSA) is 9.23 Å². The maximum Gasteiger partial charge on any atom is 0.206 e. The van der Waals surface area contributed by atoms with Gasteiger partial charge in [-0.2, -0.15) is 4.39 Å². The van der Waals surface area contributed by atoms with E-state index in [4.69, 9.17) is 0 Å². The van der Waals surface area contributed by atoms with Gasteiger partial charge in [-0.1, -0.05) is 6.07 Å². The second-order valence-corrected chi connectivity index (χ2v) is 4.64. The SMILES string of the molecule is COc1c(F)c(F)c(F)c(Bc2cc(C)c(F)cc2F)c1F.